The Balaban J connectivity index is 1.77. The summed E-state index contributed by atoms with van der Waals surface area (Å²) in [5, 5.41) is 6.62. The number of carbonyl (C=O) groups excluding carboxylic acids is 1. The van der Waals surface area contributed by atoms with E-state index in [1.807, 2.05) is 25.1 Å². The van der Waals surface area contributed by atoms with Crippen LogP contribution in [0.2, 0.25) is 5.02 Å². The van der Waals surface area contributed by atoms with Crippen molar-refractivity contribution < 1.29 is 4.79 Å². The van der Waals surface area contributed by atoms with Crippen LogP contribution < -0.4 is 10.6 Å². The van der Waals surface area contributed by atoms with Gasteiger partial charge in [0, 0.05) is 17.6 Å². The van der Waals surface area contributed by atoms with Crippen molar-refractivity contribution in [2.24, 2.45) is 0 Å². The Morgan fingerprint density at radius 3 is 2.70 bits per heavy atom. The van der Waals surface area contributed by atoms with Gasteiger partial charge in [-0.1, -0.05) is 17.7 Å². The Kier molecular flexibility index (Phi) is 5.26. The van der Waals surface area contributed by atoms with Crippen molar-refractivity contribution in [3.05, 3.63) is 34.3 Å². The molecule has 1 aliphatic rings. The van der Waals surface area contributed by atoms with Crippen molar-refractivity contribution in [3.63, 3.8) is 0 Å². The zero-order chi connectivity index (χ0) is 14.5. The van der Waals surface area contributed by atoms with Gasteiger partial charge in [-0.2, -0.15) is 0 Å². The van der Waals surface area contributed by atoms with Gasteiger partial charge in [0.1, 0.15) is 0 Å². The minimum Gasteiger partial charge on any atom is -0.335 e. The van der Waals surface area contributed by atoms with E-state index in [9.17, 15) is 4.79 Å². The number of aryl methyl sites for hydroxylation is 1. The second kappa shape index (κ2) is 6.95. The topological polar surface area (TPSA) is 44.4 Å². The lowest BCUT2D eigenvalue weighted by Crippen LogP contribution is -2.46. The van der Waals surface area contributed by atoms with E-state index in [0.717, 1.165) is 37.1 Å². The van der Waals surface area contributed by atoms with E-state index in [4.69, 9.17) is 11.6 Å². The third kappa shape index (κ3) is 4.69. The summed E-state index contributed by atoms with van der Waals surface area (Å²) >= 11 is 6.00. The predicted molar refractivity (Wildman–Crippen MR) is 82.1 cm³/mol. The number of nitrogens with zero attached hydrogens (tertiary/aromatic N) is 1. The van der Waals surface area contributed by atoms with Crippen LogP contribution in [-0.4, -0.2) is 37.1 Å². The van der Waals surface area contributed by atoms with Crippen molar-refractivity contribution in [1.82, 2.24) is 15.5 Å². The highest BCUT2D eigenvalue weighted by atomic mass is 35.5. The summed E-state index contributed by atoms with van der Waals surface area (Å²) < 4.78 is 0. The van der Waals surface area contributed by atoms with Gasteiger partial charge in [0.05, 0.1) is 0 Å². The molecule has 1 aromatic carbocycles. The van der Waals surface area contributed by atoms with E-state index < -0.39 is 0 Å². The number of nitrogens with one attached hydrogen (secondary N) is 2. The summed E-state index contributed by atoms with van der Waals surface area (Å²) in [7, 11) is 2.11. The van der Waals surface area contributed by atoms with Gasteiger partial charge in [-0.05, 0) is 63.2 Å². The fourth-order valence-electron chi connectivity index (χ4n) is 2.49. The third-order valence-electron chi connectivity index (χ3n) is 3.61. The molecule has 0 aromatic heterocycles. The minimum absolute atomic E-state index is 0.0998. The van der Waals surface area contributed by atoms with Crippen LogP contribution in [-0.2, 0) is 6.54 Å². The van der Waals surface area contributed by atoms with Gasteiger partial charge in [0.15, 0.2) is 0 Å². The third-order valence-corrected chi connectivity index (χ3v) is 3.83. The Hall–Kier alpha value is -1.26. The van der Waals surface area contributed by atoms with Crippen LogP contribution in [0.25, 0.3) is 0 Å². The molecule has 1 heterocycles. The highest BCUT2D eigenvalue weighted by Gasteiger charge is 2.18. The maximum absolute atomic E-state index is 11.9. The number of amides is 2. The SMILES string of the molecule is Cc1cc(Cl)cc(CNC(=O)NC2CCN(C)CC2)c1. The number of rotatable bonds is 3. The largest absolute Gasteiger partial charge is 0.335 e. The van der Waals surface area contributed by atoms with Crippen molar-refractivity contribution in [3.8, 4) is 0 Å². The van der Waals surface area contributed by atoms with Gasteiger partial charge in [-0.25, -0.2) is 4.79 Å². The maximum Gasteiger partial charge on any atom is 0.315 e. The van der Waals surface area contributed by atoms with E-state index in [2.05, 4.69) is 22.6 Å². The van der Waals surface area contributed by atoms with E-state index >= 15 is 0 Å². The van der Waals surface area contributed by atoms with E-state index in [-0.39, 0.29) is 12.1 Å². The Bertz CT molecular complexity index is 450. The number of hydrogen-bond donors (Lipinski definition) is 2. The molecular weight excluding hydrogens is 274 g/mol. The molecule has 2 amide bonds. The molecular formula is C15H22ClN3O. The lowest BCUT2D eigenvalue weighted by atomic mass is 10.1. The van der Waals surface area contributed by atoms with Gasteiger partial charge < -0.3 is 15.5 Å². The average molecular weight is 296 g/mol. The monoisotopic (exact) mass is 295 g/mol. The molecule has 0 bridgehead atoms. The molecule has 0 unspecified atom stereocenters. The van der Waals surface area contributed by atoms with Gasteiger partial charge >= 0.3 is 6.03 Å². The maximum atomic E-state index is 11.9. The average Bonchev–Trinajstić information content (AvgIpc) is 2.38. The number of urea groups is 1. The summed E-state index contributed by atoms with van der Waals surface area (Å²) in [5.41, 5.74) is 2.12. The molecule has 0 radical (unpaired) electrons. The summed E-state index contributed by atoms with van der Waals surface area (Å²) in [6.07, 6.45) is 2.03. The number of piperidine rings is 1. The molecule has 4 nitrogen and oxygen atoms in total. The second-order valence-corrected chi connectivity index (χ2v) is 5.98. The Labute approximate surface area is 125 Å². The zero-order valence-electron chi connectivity index (χ0n) is 12.1. The van der Waals surface area contributed by atoms with Crippen LogP contribution in [0.1, 0.15) is 24.0 Å². The molecule has 0 aliphatic carbocycles. The van der Waals surface area contributed by atoms with Crippen LogP contribution in [0.4, 0.5) is 4.79 Å². The fourth-order valence-corrected chi connectivity index (χ4v) is 2.80. The molecule has 0 atom stereocenters. The zero-order valence-corrected chi connectivity index (χ0v) is 12.8. The number of halogens is 1. The van der Waals surface area contributed by atoms with Crippen LogP contribution in [0.3, 0.4) is 0 Å². The van der Waals surface area contributed by atoms with Crippen molar-refractivity contribution in [1.29, 1.82) is 0 Å². The van der Waals surface area contributed by atoms with Crippen LogP contribution >= 0.6 is 11.6 Å². The molecule has 1 aromatic rings. The second-order valence-electron chi connectivity index (χ2n) is 5.54. The lowest BCUT2D eigenvalue weighted by Gasteiger charge is -2.29. The number of carbonyl (C=O) groups is 1. The van der Waals surface area contributed by atoms with Crippen molar-refractivity contribution in [2.45, 2.75) is 32.4 Å². The fraction of sp³-hybridized carbons (Fsp3) is 0.533. The molecule has 0 saturated carbocycles. The van der Waals surface area contributed by atoms with Gasteiger partial charge in [-0.3, -0.25) is 0 Å². The van der Waals surface area contributed by atoms with Crippen LogP contribution in [0.5, 0.6) is 0 Å². The number of hydrogen-bond acceptors (Lipinski definition) is 2. The quantitative estimate of drug-likeness (QED) is 0.900. The molecule has 0 spiro atoms. The normalized spacial score (nSPS) is 16.9. The number of likely N-dealkylation sites (tertiary alicyclic amines) is 1. The van der Waals surface area contributed by atoms with Gasteiger partial charge in [0.25, 0.3) is 0 Å². The molecule has 2 N–H and O–H groups in total. The first-order valence-electron chi connectivity index (χ1n) is 7.02. The molecule has 5 heteroatoms. The first kappa shape index (κ1) is 15.1. The summed E-state index contributed by atoms with van der Waals surface area (Å²) in [4.78, 5) is 14.1. The standard InChI is InChI=1S/C15H22ClN3O/c1-11-7-12(9-13(16)8-11)10-17-15(20)18-14-3-5-19(2)6-4-14/h7-9,14H,3-6,10H2,1-2H3,(H2,17,18,20). The molecule has 1 aliphatic heterocycles. The van der Waals surface area contributed by atoms with Crippen molar-refractivity contribution in [2.75, 3.05) is 20.1 Å². The molecule has 20 heavy (non-hydrogen) atoms. The van der Waals surface area contributed by atoms with Crippen LogP contribution in [0, 0.1) is 6.92 Å². The van der Waals surface area contributed by atoms with Gasteiger partial charge in [0.2, 0.25) is 0 Å². The smallest absolute Gasteiger partial charge is 0.315 e. The van der Waals surface area contributed by atoms with Crippen molar-refractivity contribution >= 4 is 17.6 Å². The predicted octanol–water partition coefficient (Wildman–Crippen LogP) is 2.54. The molecule has 110 valence electrons. The summed E-state index contributed by atoms with van der Waals surface area (Å²) in [5.74, 6) is 0. The molecule has 1 saturated heterocycles. The van der Waals surface area contributed by atoms with E-state index in [1.54, 1.807) is 0 Å². The van der Waals surface area contributed by atoms with E-state index in [0.29, 0.717) is 11.6 Å². The Morgan fingerprint density at radius 2 is 2.05 bits per heavy atom. The minimum atomic E-state index is -0.0998. The number of benzene rings is 1. The summed E-state index contributed by atoms with van der Waals surface area (Å²) in [6, 6.07) is 6.00. The molecule has 2 rings (SSSR count). The van der Waals surface area contributed by atoms with Crippen LogP contribution in [0.15, 0.2) is 18.2 Å². The highest BCUT2D eigenvalue weighted by molar-refractivity contribution is 6.30. The van der Waals surface area contributed by atoms with Gasteiger partial charge in [-0.15, -0.1) is 0 Å². The highest BCUT2D eigenvalue weighted by Crippen LogP contribution is 2.14. The van der Waals surface area contributed by atoms with E-state index in [1.165, 1.54) is 0 Å². The molecule has 1 fully saturated rings. The first-order valence-corrected chi connectivity index (χ1v) is 7.40. The Morgan fingerprint density at radius 1 is 1.35 bits per heavy atom. The summed E-state index contributed by atoms with van der Waals surface area (Å²) in [6.45, 7) is 4.57. The first-order chi connectivity index (χ1) is 9.52. The lowest BCUT2D eigenvalue weighted by molar-refractivity contribution is 0.213.